The summed E-state index contributed by atoms with van der Waals surface area (Å²) in [6, 6.07) is 7.53. The van der Waals surface area contributed by atoms with Crippen molar-refractivity contribution in [2.24, 2.45) is 0 Å². The second-order valence-electron chi connectivity index (χ2n) is 7.87. The van der Waals surface area contributed by atoms with E-state index in [9.17, 15) is 9.59 Å². The molecule has 1 atom stereocenters. The third-order valence-electron chi connectivity index (χ3n) is 3.44. The number of ether oxygens (including phenoxy) is 2. The van der Waals surface area contributed by atoms with E-state index in [0.29, 0.717) is 6.42 Å². The van der Waals surface area contributed by atoms with Gasteiger partial charge in [0.05, 0.1) is 0 Å². The van der Waals surface area contributed by atoms with Gasteiger partial charge in [0, 0.05) is 0 Å². The summed E-state index contributed by atoms with van der Waals surface area (Å²) in [6.07, 6.45) is -0.258. The third-order valence-corrected chi connectivity index (χ3v) is 9.33. The van der Waals surface area contributed by atoms with Crippen molar-refractivity contribution in [3.63, 3.8) is 0 Å². The number of benzene rings is 1. The molecule has 6 heteroatoms. The number of esters is 1. The van der Waals surface area contributed by atoms with Crippen LogP contribution in [0.15, 0.2) is 24.3 Å². The Morgan fingerprint density at radius 3 is 2.08 bits per heavy atom. The molecule has 0 bridgehead atoms. The molecule has 0 unspecified atom stereocenters. The minimum absolute atomic E-state index is 0.367. The summed E-state index contributed by atoms with van der Waals surface area (Å²) in [5, 5.41) is 2.60. The molecule has 1 aromatic rings. The van der Waals surface area contributed by atoms with Crippen LogP contribution in [0.4, 0.5) is 4.79 Å². The molecule has 0 heterocycles. The molecule has 1 rings (SSSR count). The molecule has 0 aromatic heterocycles. The van der Waals surface area contributed by atoms with Gasteiger partial charge in [-0.05, 0) is 0 Å². The van der Waals surface area contributed by atoms with Gasteiger partial charge in [-0.3, -0.25) is 0 Å². The molecule has 5 nitrogen and oxygen atoms in total. The van der Waals surface area contributed by atoms with Gasteiger partial charge in [-0.25, -0.2) is 0 Å². The number of alkyl carbamates (subject to hydrolysis) is 1. The van der Waals surface area contributed by atoms with Crippen LogP contribution >= 0.6 is 0 Å². The maximum absolute atomic E-state index is 12.0. The Bertz CT molecular complexity index is 570. The topological polar surface area (TPSA) is 64.6 Å². The van der Waals surface area contributed by atoms with E-state index < -0.39 is 42.1 Å². The molecule has 0 spiro atoms. The minimum atomic E-state index is -2.09. The molecular formula is C18H29NO4Sn. The number of amides is 1. The fraction of sp³-hybridized carbons (Fsp3) is 0.556. The molecule has 0 aliphatic carbocycles. The van der Waals surface area contributed by atoms with Gasteiger partial charge in [-0.15, -0.1) is 0 Å². The zero-order valence-electron chi connectivity index (χ0n) is 15.7. The predicted molar refractivity (Wildman–Crippen MR) is 98.3 cm³/mol. The van der Waals surface area contributed by atoms with Gasteiger partial charge in [-0.1, -0.05) is 0 Å². The summed E-state index contributed by atoms with van der Waals surface area (Å²) >= 11 is -2.09. The van der Waals surface area contributed by atoms with Crippen molar-refractivity contribution in [3.8, 4) is 0 Å². The number of carbonyl (C=O) groups excluding carboxylic acids is 2. The standard InChI is InChI=1S/C15H20NO4.3CH3.Sn/c1-15(2,3)20-14(18)16-12(13(17)19-4)10-11-8-6-5-7-9-11;;;;/h6-9,12H,10H2,1-4H3,(H,16,18);3*1H3;/t12-;;;;/m1..../s1. The van der Waals surface area contributed by atoms with Crippen LogP contribution in [-0.4, -0.2) is 49.2 Å². The summed E-state index contributed by atoms with van der Waals surface area (Å²) in [6.45, 7) is 5.32. The molecule has 0 saturated heterocycles. The first-order valence-electron chi connectivity index (χ1n) is 8.09. The first-order chi connectivity index (χ1) is 10.9. The van der Waals surface area contributed by atoms with Crippen molar-refractivity contribution < 1.29 is 19.1 Å². The van der Waals surface area contributed by atoms with Crippen LogP contribution in [-0.2, 0) is 20.7 Å². The average molecular weight is 442 g/mol. The third kappa shape index (κ3) is 7.11. The Morgan fingerprint density at radius 2 is 1.67 bits per heavy atom. The Labute approximate surface area is 149 Å². The van der Waals surface area contributed by atoms with Crippen molar-refractivity contribution in [2.75, 3.05) is 7.11 Å². The van der Waals surface area contributed by atoms with Gasteiger partial charge in [0.15, 0.2) is 0 Å². The average Bonchev–Trinajstić information content (AvgIpc) is 2.43. The van der Waals surface area contributed by atoms with E-state index in [0.717, 1.165) is 5.56 Å². The molecule has 0 aliphatic heterocycles. The number of hydrogen-bond acceptors (Lipinski definition) is 4. The Balaban J connectivity index is 2.83. The van der Waals surface area contributed by atoms with Crippen molar-refractivity contribution >= 4 is 34.0 Å². The number of methoxy groups -OCH3 is 1. The first kappa shape index (κ1) is 20.8. The Hall–Kier alpha value is -1.24. The first-order valence-corrected chi connectivity index (χ1v) is 18.1. The normalized spacial score (nSPS) is 13.1. The van der Waals surface area contributed by atoms with Crippen LogP contribution in [0.2, 0.25) is 14.8 Å². The van der Waals surface area contributed by atoms with Crippen molar-refractivity contribution in [3.05, 3.63) is 29.8 Å². The fourth-order valence-corrected chi connectivity index (χ4v) is 5.49. The van der Waals surface area contributed by atoms with E-state index in [1.54, 1.807) is 20.8 Å². The van der Waals surface area contributed by atoms with Crippen LogP contribution in [0.3, 0.4) is 0 Å². The zero-order chi connectivity index (χ0) is 18.5. The van der Waals surface area contributed by atoms with Crippen LogP contribution < -0.4 is 8.90 Å². The maximum atomic E-state index is 12.0. The summed E-state index contributed by atoms with van der Waals surface area (Å²) in [4.78, 5) is 31.0. The SMILES string of the molecule is COC(=O)[C@@H](Cc1cc[c]([Sn]([CH3])([CH3])[CH3])cc1)NC(=O)OC(C)(C)C. The van der Waals surface area contributed by atoms with E-state index in [4.69, 9.17) is 9.47 Å². The Morgan fingerprint density at radius 1 is 1.12 bits per heavy atom. The van der Waals surface area contributed by atoms with Gasteiger partial charge < -0.3 is 0 Å². The molecule has 1 N–H and O–H groups in total. The van der Waals surface area contributed by atoms with Gasteiger partial charge in [0.1, 0.15) is 0 Å². The summed E-state index contributed by atoms with van der Waals surface area (Å²) in [5.41, 5.74) is 0.354. The van der Waals surface area contributed by atoms with E-state index in [2.05, 4.69) is 32.3 Å². The van der Waals surface area contributed by atoms with Crippen molar-refractivity contribution in [1.82, 2.24) is 5.32 Å². The van der Waals surface area contributed by atoms with E-state index in [-0.39, 0.29) is 0 Å². The monoisotopic (exact) mass is 443 g/mol. The van der Waals surface area contributed by atoms with Crippen LogP contribution in [0.25, 0.3) is 0 Å². The van der Waals surface area contributed by atoms with E-state index in [1.807, 2.05) is 12.1 Å². The quantitative estimate of drug-likeness (QED) is 0.563. The van der Waals surface area contributed by atoms with Crippen molar-refractivity contribution in [2.45, 2.75) is 53.7 Å². The number of carbonyl (C=O) groups is 2. The molecule has 1 amide bonds. The van der Waals surface area contributed by atoms with Crippen LogP contribution in [0.1, 0.15) is 26.3 Å². The van der Waals surface area contributed by atoms with Gasteiger partial charge >= 0.3 is 149 Å². The van der Waals surface area contributed by atoms with Crippen LogP contribution in [0, 0.1) is 0 Å². The molecule has 0 saturated carbocycles. The van der Waals surface area contributed by atoms with Crippen LogP contribution in [0.5, 0.6) is 0 Å². The Kier molecular flexibility index (Phi) is 7.13. The second-order valence-corrected chi connectivity index (χ2v) is 22.4. The molecule has 0 radical (unpaired) electrons. The van der Waals surface area contributed by atoms with E-state index in [1.165, 1.54) is 10.7 Å². The molecular weight excluding hydrogens is 413 g/mol. The second kappa shape index (κ2) is 8.23. The van der Waals surface area contributed by atoms with Crippen molar-refractivity contribution in [1.29, 1.82) is 0 Å². The molecule has 1 aromatic carbocycles. The van der Waals surface area contributed by atoms with E-state index >= 15 is 0 Å². The molecule has 0 aliphatic rings. The van der Waals surface area contributed by atoms with Gasteiger partial charge in [-0.2, -0.15) is 0 Å². The summed E-state index contributed by atoms with van der Waals surface area (Å²) in [5.74, 6) is -0.486. The van der Waals surface area contributed by atoms with Gasteiger partial charge in [0.25, 0.3) is 0 Å². The predicted octanol–water partition coefficient (Wildman–Crippen LogP) is 2.84. The fourth-order valence-electron chi connectivity index (χ4n) is 2.16. The number of rotatable bonds is 5. The number of hydrogen-bond donors (Lipinski definition) is 1. The molecule has 134 valence electrons. The summed E-state index contributed by atoms with van der Waals surface area (Å²) in [7, 11) is 1.31. The molecule has 0 fully saturated rings. The summed E-state index contributed by atoms with van der Waals surface area (Å²) < 4.78 is 11.4. The van der Waals surface area contributed by atoms with Gasteiger partial charge in [0.2, 0.25) is 0 Å². The number of nitrogens with one attached hydrogen (secondary N) is 1. The molecule has 24 heavy (non-hydrogen) atoms. The zero-order valence-corrected chi connectivity index (χ0v) is 18.6.